The van der Waals surface area contributed by atoms with E-state index in [1.165, 1.54) is 12.1 Å². The van der Waals surface area contributed by atoms with Gasteiger partial charge in [0.2, 0.25) is 0 Å². The molecule has 1 aliphatic carbocycles. The Kier molecular flexibility index (Phi) is 6.35. The summed E-state index contributed by atoms with van der Waals surface area (Å²) in [5, 5.41) is 9.53. The summed E-state index contributed by atoms with van der Waals surface area (Å²) in [6.45, 7) is 4.42. The number of piperazine rings is 1. The minimum absolute atomic E-state index is 0.0806. The Morgan fingerprint density at radius 1 is 1.22 bits per heavy atom. The summed E-state index contributed by atoms with van der Waals surface area (Å²) >= 11 is 0. The number of anilines is 1. The molecule has 1 saturated carbocycles. The van der Waals surface area contributed by atoms with Crippen LogP contribution in [-0.4, -0.2) is 54.3 Å². The van der Waals surface area contributed by atoms with E-state index in [0.717, 1.165) is 36.4 Å². The highest BCUT2D eigenvalue weighted by molar-refractivity contribution is 5.53. The first kappa shape index (κ1) is 22.5. The quantitative estimate of drug-likeness (QED) is 0.666. The van der Waals surface area contributed by atoms with Crippen molar-refractivity contribution in [2.45, 2.75) is 43.9 Å². The maximum atomic E-state index is 13.0. The molecule has 2 fully saturated rings. The molecule has 0 unspecified atom stereocenters. The fraction of sp³-hybridized carbons (Fsp3) is 0.522. The number of aromatic nitrogens is 2. The van der Waals surface area contributed by atoms with Gasteiger partial charge in [-0.1, -0.05) is 12.1 Å². The van der Waals surface area contributed by atoms with Gasteiger partial charge in [0.25, 0.3) is 0 Å². The van der Waals surface area contributed by atoms with E-state index in [1.54, 1.807) is 13.3 Å². The lowest BCUT2D eigenvalue weighted by atomic mass is 10.0. The molecule has 0 bridgehead atoms. The Balaban J connectivity index is 1.53. The van der Waals surface area contributed by atoms with Gasteiger partial charge in [-0.2, -0.15) is 18.4 Å². The molecule has 6 nitrogen and oxygen atoms in total. The zero-order chi connectivity index (χ0) is 22.9. The van der Waals surface area contributed by atoms with Crippen molar-refractivity contribution in [3.8, 4) is 6.07 Å². The van der Waals surface area contributed by atoms with Crippen molar-refractivity contribution in [3.63, 3.8) is 0 Å². The summed E-state index contributed by atoms with van der Waals surface area (Å²) in [6, 6.07) is 7.43. The third-order valence-corrected chi connectivity index (χ3v) is 6.18. The largest absolute Gasteiger partial charge is 0.416 e. The first-order chi connectivity index (χ1) is 15.3. The number of halogens is 3. The SMILES string of the molecule is COC[C@@H](c1ccc(C(F)(F)F)cc1)N1CCN(c2nc(C3CC3)ncc2C#N)C[C@@H]1C. The fourth-order valence-electron chi connectivity index (χ4n) is 4.31. The van der Waals surface area contributed by atoms with Crippen molar-refractivity contribution in [3.05, 3.63) is 53.0 Å². The molecule has 1 saturated heterocycles. The van der Waals surface area contributed by atoms with Gasteiger partial charge in [-0.3, -0.25) is 4.90 Å². The molecule has 9 heteroatoms. The number of methoxy groups -OCH3 is 1. The molecule has 0 radical (unpaired) electrons. The van der Waals surface area contributed by atoms with Crippen LogP contribution in [0.4, 0.5) is 19.0 Å². The highest BCUT2D eigenvalue weighted by Gasteiger charge is 2.34. The predicted molar refractivity (Wildman–Crippen MR) is 113 cm³/mol. The van der Waals surface area contributed by atoms with Crippen molar-refractivity contribution < 1.29 is 17.9 Å². The number of nitriles is 1. The van der Waals surface area contributed by atoms with E-state index in [1.807, 2.05) is 0 Å². The second-order valence-corrected chi connectivity index (χ2v) is 8.48. The van der Waals surface area contributed by atoms with Crippen LogP contribution in [0.3, 0.4) is 0 Å². The Hall–Kier alpha value is -2.70. The number of alkyl halides is 3. The minimum Gasteiger partial charge on any atom is -0.383 e. The average Bonchev–Trinajstić information content (AvgIpc) is 3.62. The van der Waals surface area contributed by atoms with Gasteiger partial charge in [-0.25, -0.2) is 9.97 Å². The summed E-state index contributed by atoms with van der Waals surface area (Å²) in [6.07, 6.45) is -0.574. The molecule has 4 rings (SSSR count). The highest BCUT2D eigenvalue weighted by atomic mass is 19.4. The number of benzene rings is 1. The van der Waals surface area contributed by atoms with Crippen LogP contribution in [0.25, 0.3) is 0 Å². The molecule has 2 aliphatic rings. The van der Waals surface area contributed by atoms with Gasteiger partial charge < -0.3 is 9.64 Å². The number of hydrogen-bond donors (Lipinski definition) is 0. The molecule has 0 N–H and O–H groups in total. The van der Waals surface area contributed by atoms with Gasteiger partial charge in [0.15, 0.2) is 0 Å². The normalized spacial score (nSPS) is 20.8. The molecule has 1 aromatic carbocycles. The number of rotatable bonds is 6. The number of hydrogen-bond acceptors (Lipinski definition) is 6. The van der Waals surface area contributed by atoms with Gasteiger partial charge in [0.1, 0.15) is 23.3 Å². The molecule has 2 atom stereocenters. The van der Waals surface area contributed by atoms with Gasteiger partial charge >= 0.3 is 6.18 Å². The van der Waals surface area contributed by atoms with Crippen LogP contribution in [0, 0.1) is 11.3 Å². The van der Waals surface area contributed by atoms with Crippen LogP contribution in [0.15, 0.2) is 30.5 Å². The highest BCUT2D eigenvalue weighted by Crippen LogP contribution is 2.39. The Morgan fingerprint density at radius 2 is 1.94 bits per heavy atom. The summed E-state index contributed by atoms with van der Waals surface area (Å²) < 4.78 is 44.3. The van der Waals surface area contributed by atoms with Gasteiger partial charge in [-0.05, 0) is 37.5 Å². The summed E-state index contributed by atoms with van der Waals surface area (Å²) in [5.74, 6) is 1.87. The second-order valence-electron chi connectivity index (χ2n) is 8.48. The van der Waals surface area contributed by atoms with Crippen LogP contribution < -0.4 is 4.90 Å². The monoisotopic (exact) mass is 445 g/mol. The van der Waals surface area contributed by atoms with Crippen molar-refractivity contribution in [1.82, 2.24) is 14.9 Å². The summed E-state index contributed by atoms with van der Waals surface area (Å²) in [7, 11) is 1.59. The summed E-state index contributed by atoms with van der Waals surface area (Å²) in [4.78, 5) is 13.4. The Morgan fingerprint density at radius 3 is 2.50 bits per heavy atom. The van der Waals surface area contributed by atoms with Crippen molar-refractivity contribution in [2.75, 3.05) is 38.3 Å². The molecule has 1 aromatic heterocycles. The second kappa shape index (κ2) is 9.04. The van der Waals surface area contributed by atoms with E-state index < -0.39 is 11.7 Å². The van der Waals surface area contributed by atoms with E-state index in [2.05, 4.69) is 27.8 Å². The summed E-state index contributed by atoms with van der Waals surface area (Å²) in [5.41, 5.74) is 0.594. The first-order valence-corrected chi connectivity index (χ1v) is 10.8. The molecule has 0 amide bonds. The Bertz CT molecular complexity index is 985. The van der Waals surface area contributed by atoms with Crippen LogP contribution >= 0.6 is 0 Å². The van der Waals surface area contributed by atoms with Gasteiger partial charge in [-0.15, -0.1) is 0 Å². The van der Waals surface area contributed by atoms with Crippen LogP contribution in [0.2, 0.25) is 0 Å². The van der Waals surface area contributed by atoms with E-state index in [-0.39, 0.29) is 12.1 Å². The third-order valence-electron chi connectivity index (χ3n) is 6.18. The van der Waals surface area contributed by atoms with Crippen LogP contribution in [0.1, 0.15) is 54.2 Å². The lowest BCUT2D eigenvalue weighted by molar-refractivity contribution is -0.137. The molecule has 32 heavy (non-hydrogen) atoms. The smallest absolute Gasteiger partial charge is 0.383 e. The standard InChI is InChI=1S/C23H26F3N5O/c1-15-13-30(22-18(11-27)12-28-21(29-22)17-3-4-17)9-10-31(15)20(14-32-2)16-5-7-19(8-6-16)23(24,25)26/h5-8,12,15,17,20H,3-4,9-10,13-14H2,1-2H3/t15-,20-/m0/s1. The molecule has 2 aromatic rings. The maximum Gasteiger partial charge on any atom is 0.416 e. The lowest BCUT2D eigenvalue weighted by Crippen LogP contribution is -2.54. The van der Waals surface area contributed by atoms with Gasteiger partial charge in [0, 0.05) is 38.7 Å². The van der Waals surface area contributed by atoms with E-state index in [0.29, 0.717) is 43.5 Å². The Labute approximate surface area is 185 Å². The van der Waals surface area contributed by atoms with E-state index >= 15 is 0 Å². The number of ether oxygens (including phenoxy) is 1. The molecular weight excluding hydrogens is 419 g/mol. The minimum atomic E-state index is -4.36. The van der Waals surface area contributed by atoms with E-state index in [4.69, 9.17) is 9.72 Å². The lowest BCUT2D eigenvalue weighted by Gasteiger charge is -2.44. The first-order valence-electron chi connectivity index (χ1n) is 10.8. The predicted octanol–water partition coefficient (Wildman–Crippen LogP) is 4.14. The molecular formula is C23H26F3N5O. The topological polar surface area (TPSA) is 65.3 Å². The third kappa shape index (κ3) is 4.71. The zero-order valence-corrected chi connectivity index (χ0v) is 18.1. The van der Waals surface area contributed by atoms with Crippen molar-refractivity contribution in [1.29, 1.82) is 5.26 Å². The zero-order valence-electron chi connectivity index (χ0n) is 18.1. The average molecular weight is 445 g/mol. The van der Waals surface area contributed by atoms with Crippen molar-refractivity contribution >= 4 is 5.82 Å². The van der Waals surface area contributed by atoms with Gasteiger partial charge in [0.05, 0.1) is 24.4 Å². The molecule has 170 valence electrons. The number of nitrogens with zero attached hydrogens (tertiary/aromatic N) is 5. The van der Waals surface area contributed by atoms with Crippen LogP contribution in [0.5, 0.6) is 0 Å². The van der Waals surface area contributed by atoms with E-state index in [9.17, 15) is 18.4 Å². The fourth-order valence-corrected chi connectivity index (χ4v) is 4.31. The molecule has 2 heterocycles. The van der Waals surface area contributed by atoms with Crippen molar-refractivity contribution in [2.24, 2.45) is 0 Å². The van der Waals surface area contributed by atoms with Crippen LogP contribution in [-0.2, 0) is 10.9 Å². The molecule has 1 aliphatic heterocycles. The molecule has 0 spiro atoms. The maximum absolute atomic E-state index is 13.0.